The van der Waals surface area contributed by atoms with Gasteiger partial charge in [0.15, 0.2) is 0 Å². The molecule has 2 saturated heterocycles. The van der Waals surface area contributed by atoms with Gasteiger partial charge < -0.3 is 15.0 Å². The number of likely N-dealkylation sites (tertiary alicyclic amines) is 1. The van der Waals surface area contributed by atoms with Crippen LogP contribution in [0.3, 0.4) is 0 Å². The van der Waals surface area contributed by atoms with Gasteiger partial charge in [0.05, 0.1) is 17.9 Å². The Labute approximate surface area is 199 Å². The number of ether oxygens (including phenoxy) is 1. The van der Waals surface area contributed by atoms with Crippen molar-refractivity contribution in [2.75, 3.05) is 13.2 Å². The average Bonchev–Trinajstić information content (AvgIpc) is 3.39. The first-order chi connectivity index (χ1) is 16.5. The summed E-state index contributed by atoms with van der Waals surface area (Å²) in [5, 5.41) is 10.5. The number of aromatic amines is 1. The molecule has 0 radical (unpaired) electrons. The van der Waals surface area contributed by atoms with E-state index in [1.807, 2.05) is 17.9 Å². The van der Waals surface area contributed by atoms with Crippen LogP contribution in [0.4, 0.5) is 0 Å². The lowest BCUT2D eigenvalue weighted by Crippen LogP contribution is -2.53. The number of aryl methyl sites for hydroxylation is 1. The predicted octanol–water partition coefficient (Wildman–Crippen LogP) is 2.78. The van der Waals surface area contributed by atoms with E-state index in [0.717, 1.165) is 57.2 Å². The summed E-state index contributed by atoms with van der Waals surface area (Å²) in [6.45, 7) is 3.38. The summed E-state index contributed by atoms with van der Waals surface area (Å²) in [4.78, 5) is 36.8. The van der Waals surface area contributed by atoms with E-state index in [1.54, 1.807) is 6.07 Å². The molecule has 0 unspecified atom stereocenters. The molecule has 0 bridgehead atoms. The molecule has 6 rings (SSSR count). The second-order valence-electron chi connectivity index (χ2n) is 10.6. The zero-order valence-corrected chi connectivity index (χ0v) is 19.7. The third-order valence-corrected chi connectivity index (χ3v) is 8.43. The van der Waals surface area contributed by atoms with Crippen LogP contribution < -0.4 is 5.32 Å². The number of nitrogens with zero attached hydrogens (tertiary/aromatic N) is 4. The molecule has 9 heteroatoms. The second-order valence-corrected chi connectivity index (χ2v) is 10.6. The largest absolute Gasteiger partial charge is 0.375 e. The monoisotopic (exact) mass is 464 g/mol. The highest BCUT2D eigenvalue weighted by Crippen LogP contribution is 2.50. The van der Waals surface area contributed by atoms with Crippen molar-refractivity contribution in [3.8, 4) is 11.4 Å². The predicted molar refractivity (Wildman–Crippen MR) is 124 cm³/mol. The smallest absolute Gasteiger partial charge is 0.272 e. The van der Waals surface area contributed by atoms with Crippen LogP contribution in [0, 0.1) is 12.8 Å². The van der Waals surface area contributed by atoms with Gasteiger partial charge in [0.25, 0.3) is 5.91 Å². The topological polar surface area (TPSA) is 113 Å². The van der Waals surface area contributed by atoms with E-state index in [2.05, 4.69) is 25.5 Å². The van der Waals surface area contributed by atoms with Crippen molar-refractivity contribution >= 4 is 11.8 Å². The van der Waals surface area contributed by atoms with Crippen LogP contribution in [-0.4, -0.2) is 67.2 Å². The van der Waals surface area contributed by atoms with Crippen molar-refractivity contribution in [1.82, 2.24) is 30.4 Å². The number of carbonyl (C=O) groups excluding carboxylic acids is 2. The SMILES string of the molecule is Cc1cc(-c2cc(C(=O)N3CC[C@@H](C(=O)NC4CCC5(CCO5)CC4)CC34CC4)[nH]n2)ncn1. The summed E-state index contributed by atoms with van der Waals surface area (Å²) in [6.07, 6.45) is 10.1. The number of rotatable bonds is 4. The molecule has 2 aliphatic heterocycles. The molecular weight excluding hydrogens is 432 g/mol. The molecule has 1 atom stereocenters. The van der Waals surface area contributed by atoms with Crippen LogP contribution in [0.2, 0.25) is 0 Å². The van der Waals surface area contributed by atoms with Crippen LogP contribution in [0.1, 0.15) is 74.0 Å². The van der Waals surface area contributed by atoms with Gasteiger partial charge in [0.1, 0.15) is 17.7 Å². The molecule has 9 nitrogen and oxygen atoms in total. The first-order valence-electron chi connectivity index (χ1n) is 12.6. The van der Waals surface area contributed by atoms with Crippen molar-refractivity contribution in [2.45, 2.75) is 81.9 Å². The number of aromatic nitrogens is 4. The highest BCUT2D eigenvalue weighted by atomic mass is 16.5. The molecule has 34 heavy (non-hydrogen) atoms. The Kier molecular flexibility index (Phi) is 5.20. The lowest BCUT2D eigenvalue weighted by atomic mass is 9.77. The molecule has 2 aromatic heterocycles. The minimum absolute atomic E-state index is 0.0243. The molecule has 2 aromatic rings. The fraction of sp³-hybridized carbons (Fsp3) is 0.640. The molecule has 180 valence electrons. The molecule has 0 aromatic carbocycles. The van der Waals surface area contributed by atoms with Crippen LogP contribution in [-0.2, 0) is 9.53 Å². The summed E-state index contributed by atoms with van der Waals surface area (Å²) in [6, 6.07) is 3.87. The van der Waals surface area contributed by atoms with Gasteiger partial charge in [-0.15, -0.1) is 0 Å². The Hall–Kier alpha value is -2.81. The van der Waals surface area contributed by atoms with Crippen molar-refractivity contribution < 1.29 is 14.3 Å². The summed E-state index contributed by atoms with van der Waals surface area (Å²) in [7, 11) is 0. The highest BCUT2D eigenvalue weighted by molar-refractivity contribution is 5.94. The van der Waals surface area contributed by atoms with Crippen molar-refractivity contribution in [3.63, 3.8) is 0 Å². The first-order valence-corrected chi connectivity index (χ1v) is 12.6. The van der Waals surface area contributed by atoms with Gasteiger partial charge >= 0.3 is 0 Å². The number of hydrogen-bond acceptors (Lipinski definition) is 6. The van der Waals surface area contributed by atoms with Crippen LogP contribution >= 0.6 is 0 Å². The van der Waals surface area contributed by atoms with Gasteiger partial charge in [0.2, 0.25) is 5.91 Å². The number of H-pyrrole nitrogens is 1. The Morgan fingerprint density at radius 3 is 2.56 bits per heavy atom. The Morgan fingerprint density at radius 2 is 1.88 bits per heavy atom. The highest BCUT2D eigenvalue weighted by Gasteiger charge is 2.55. The lowest BCUT2D eigenvalue weighted by molar-refractivity contribution is -0.168. The Bertz CT molecular complexity index is 1100. The van der Waals surface area contributed by atoms with Crippen LogP contribution in [0.25, 0.3) is 11.4 Å². The molecule has 4 fully saturated rings. The van der Waals surface area contributed by atoms with Gasteiger partial charge in [-0.25, -0.2) is 9.97 Å². The number of piperidine rings is 1. The third kappa shape index (κ3) is 3.89. The second kappa shape index (κ2) is 8.15. The van der Waals surface area contributed by atoms with Gasteiger partial charge in [-0.2, -0.15) is 5.10 Å². The number of carbonyl (C=O) groups is 2. The van der Waals surface area contributed by atoms with Crippen LogP contribution in [0.5, 0.6) is 0 Å². The van der Waals surface area contributed by atoms with Gasteiger partial charge in [-0.05, 0) is 76.8 Å². The number of hydrogen-bond donors (Lipinski definition) is 2. The minimum Gasteiger partial charge on any atom is -0.375 e. The third-order valence-electron chi connectivity index (χ3n) is 8.43. The quantitative estimate of drug-likeness (QED) is 0.719. The molecule has 2 amide bonds. The maximum absolute atomic E-state index is 13.4. The summed E-state index contributed by atoms with van der Waals surface area (Å²) >= 11 is 0. The van der Waals surface area contributed by atoms with E-state index in [0.29, 0.717) is 30.0 Å². The van der Waals surface area contributed by atoms with Gasteiger partial charge in [0, 0.05) is 29.7 Å². The fourth-order valence-corrected chi connectivity index (χ4v) is 6.05. The lowest BCUT2D eigenvalue weighted by Gasteiger charge is -2.47. The summed E-state index contributed by atoms with van der Waals surface area (Å²) < 4.78 is 5.80. The Balaban J connectivity index is 1.08. The Morgan fingerprint density at radius 1 is 1.09 bits per heavy atom. The fourth-order valence-electron chi connectivity index (χ4n) is 6.05. The normalized spacial score (nSPS) is 29.6. The average molecular weight is 465 g/mol. The zero-order valence-electron chi connectivity index (χ0n) is 19.7. The summed E-state index contributed by atoms with van der Waals surface area (Å²) in [5.41, 5.74) is 2.57. The molecule has 2 saturated carbocycles. The van der Waals surface area contributed by atoms with E-state index < -0.39 is 0 Å². The van der Waals surface area contributed by atoms with E-state index in [-0.39, 0.29) is 34.9 Å². The van der Waals surface area contributed by atoms with Crippen LogP contribution in [0.15, 0.2) is 18.5 Å². The maximum atomic E-state index is 13.4. The molecule has 2 aliphatic carbocycles. The van der Waals surface area contributed by atoms with Crippen molar-refractivity contribution in [3.05, 3.63) is 29.8 Å². The van der Waals surface area contributed by atoms with E-state index >= 15 is 0 Å². The molecule has 4 aliphatic rings. The number of nitrogens with one attached hydrogen (secondary N) is 2. The molecule has 2 spiro atoms. The maximum Gasteiger partial charge on any atom is 0.272 e. The van der Waals surface area contributed by atoms with E-state index in [4.69, 9.17) is 4.74 Å². The molecule has 4 heterocycles. The van der Waals surface area contributed by atoms with Crippen molar-refractivity contribution in [2.24, 2.45) is 5.92 Å². The van der Waals surface area contributed by atoms with E-state index in [9.17, 15) is 9.59 Å². The first kappa shape index (κ1) is 21.7. The minimum atomic E-state index is -0.190. The molecule has 2 N–H and O–H groups in total. The zero-order chi connectivity index (χ0) is 23.3. The van der Waals surface area contributed by atoms with Gasteiger partial charge in [-0.1, -0.05) is 0 Å². The van der Waals surface area contributed by atoms with Crippen molar-refractivity contribution in [1.29, 1.82) is 0 Å². The van der Waals surface area contributed by atoms with Gasteiger partial charge in [-0.3, -0.25) is 14.7 Å². The molecular formula is C25H32N6O3. The standard InChI is InChI=1S/C25H32N6O3/c1-16-12-19(27-15-26-16)20-13-21(30-29-20)23(33)31-10-4-17(14-24(31)7-8-24)22(32)28-18-2-5-25(6-3-18)9-11-34-25/h12-13,15,17-18H,2-11,14H2,1H3,(H,28,32)(H,29,30)/t17-,18?,25?/m1/s1. The van der Waals surface area contributed by atoms with E-state index in [1.165, 1.54) is 12.7 Å². The summed E-state index contributed by atoms with van der Waals surface area (Å²) in [5.74, 6) is 0.0967. The number of amides is 2.